The van der Waals surface area contributed by atoms with E-state index in [4.69, 9.17) is 0 Å². The van der Waals surface area contributed by atoms with Gasteiger partial charge in [-0.25, -0.2) is 0 Å². The van der Waals surface area contributed by atoms with E-state index in [2.05, 4.69) is 10.3 Å². The van der Waals surface area contributed by atoms with E-state index in [0.717, 1.165) is 18.7 Å². The summed E-state index contributed by atoms with van der Waals surface area (Å²) in [4.78, 5) is 4.55. The molecule has 2 aromatic rings. The van der Waals surface area contributed by atoms with Gasteiger partial charge in [0.05, 0.1) is 0 Å². The topological polar surface area (TPSA) is 28.2 Å². The van der Waals surface area contributed by atoms with Crippen LogP contribution >= 0.6 is 0 Å². The molecule has 0 aliphatic carbocycles. The molecule has 0 amide bonds. The normalized spacial score (nSPS) is 10.7. The average Bonchev–Trinajstić information content (AvgIpc) is 2.56. The SMILES string of the molecule is CN(CCCCNc1c(F)c(F)nc(F)c1F)c1ccccc1. The number of nitrogens with zero attached hydrogens (tertiary/aromatic N) is 2. The van der Waals surface area contributed by atoms with Gasteiger partial charge in [-0.1, -0.05) is 18.2 Å². The second kappa shape index (κ2) is 7.80. The predicted octanol–water partition coefficient (Wildman–Crippen LogP) is 3.97. The molecule has 0 bridgehead atoms. The van der Waals surface area contributed by atoms with Gasteiger partial charge in [-0.3, -0.25) is 0 Å². The minimum Gasteiger partial charge on any atom is -0.380 e. The van der Waals surface area contributed by atoms with Crippen LogP contribution in [0, 0.1) is 23.5 Å². The zero-order valence-corrected chi connectivity index (χ0v) is 12.6. The van der Waals surface area contributed by atoms with E-state index in [9.17, 15) is 17.6 Å². The predicted molar refractivity (Wildman–Crippen MR) is 81.5 cm³/mol. The highest BCUT2D eigenvalue weighted by atomic mass is 19.2. The Bertz CT molecular complexity index is 623. The minimum atomic E-state index is -1.66. The molecule has 1 heterocycles. The lowest BCUT2D eigenvalue weighted by atomic mass is 10.2. The number of rotatable bonds is 7. The third-order valence-corrected chi connectivity index (χ3v) is 3.42. The monoisotopic (exact) mass is 327 g/mol. The maximum absolute atomic E-state index is 13.4. The van der Waals surface area contributed by atoms with Crippen LogP contribution in [0.1, 0.15) is 12.8 Å². The minimum absolute atomic E-state index is 0.194. The van der Waals surface area contributed by atoms with Crippen LogP contribution in [-0.4, -0.2) is 25.1 Å². The molecule has 0 saturated heterocycles. The van der Waals surface area contributed by atoms with Crippen molar-refractivity contribution >= 4 is 11.4 Å². The molecule has 23 heavy (non-hydrogen) atoms. The fourth-order valence-corrected chi connectivity index (χ4v) is 2.14. The van der Waals surface area contributed by atoms with Crippen LogP contribution in [0.4, 0.5) is 28.9 Å². The second-order valence-corrected chi connectivity index (χ2v) is 5.09. The molecule has 124 valence electrons. The number of aromatic nitrogens is 1. The summed E-state index contributed by atoms with van der Waals surface area (Å²) in [5.74, 6) is -6.33. The largest absolute Gasteiger partial charge is 0.380 e. The molecule has 0 saturated carbocycles. The molecule has 0 atom stereocenters. The number of pyridine rings is 1. The van der Waals surface area contributed by atoms with E-state index < -0.39 is 29.2 Å². The van der Waals surface area contributed by atoms with Gasteiger partial charge in [-0.05, 0) is 25.0 Å². The fraction of sp³-hybridized carbons (Fsp3) is 0.312. The second-order valence-electron chi connectivity index (χ2n) is 5.09. The Morgan fingerprint density at radius 3 is 2.17 bits per heavy atom. The van der Waals surface area contributed by atoms with Crippen LogP contribution < -0.4 is 10.2 Å². The fourth-order valence-electron chi connectivity index (χ4n) is 2.14. The number of para-hydroxylation sites is 1. The highest BCUT2D eigenvalue weighted by molar-refractivity contribution is 5.46. The summed E-state index contributed by atoms with van der Waals surface area (Å²) in [6.07, 6.45) is 1.33. The first-order valence-corrected chi connectivity index (χ1v) is 7.20. The van der Waals surface area contributed by atoms with Crippen molar-refractivity contribution in [3.8, 4) is 0 Å². The van der Waals surface area contributed by atoms with Gasteiger partial charge in [0, 0.05) is 25.8 Å². The Kier molecular flexibility index (Phi) is 5.78. The van der Waals surface area contributed by atoms with Gasteiger partial charge in [0.15, 0.2) is 0 Å². The number of hydrogen-bond acceptors (Lipinski definition) is 3. The zero-order valence-electron chi connectivity index (χ0n) is 12.6. The molecular formula is C16H17F4N3. The number of anilines is 2. The Morgan fingerprint density at radius 2 is 1.57 bits per heavy atom. The molecule has 2 rings (SSSR count). The van der Waals surface area contributed by atoms with E-state index >= 15 is 0 Å². The van der Waals surface area contributed by atoms with E-state index in [0.29, 0.717) is 6.42 Å². The van der Waals surface area contributed by atoms with Crippen molar-refractivity contribution < 1.29 is 17.6 Å². The van der Waals surface area contributed by atoms with Crippen LogP contribution in [0.25, 0.3) is 0 Å². The van der Waals surface area contributed by atoms with E-state index in [1.165, 1.54) is 0 Å². The molecule has 1 aromatic heterocycles. The summed E-state index contributed by atoms with van der Waals surface area (Å²) >= 11 is 0. The molecule has 0 fully saturated rings. The Morgan fingerprint density at radius 1 is 0.957 bits per heavy atom. The summed E-state index contributed by atoms with van der Waals surface area (Å²) in [5, 5.41) is 2.39. The summed E-state index contributed by atoms with van der Waals surface area (Å²) in [5.41, 5.74) is 0.252. The van der Waals surface area contributed by atoms with Gasteiger partial charge in [0.2, 0.25) is 11.6 Å². The van der Waals surface area contributed by atoms with Crippen molar-refractivity contribution in [2.45, 2.75) is 12.8 Å². The number of unbranched alkanes of at least 4 members (excludes halogenated alkanes) is 1. The summed E-state index contributed by atoms with van der Waals surface area (Å²) in [6.45, 7) is 0.940. The molecule has 0 spiro atoms. The van der Waals surface area contributed by atoms with Crippen molar-refractivity contribution in [3.05, 3.63) is 53.9 Å². The third kappa shape index (κ3) is 4.34. The molecule has 0 radical (unpaired) electrons. The van der Waals surface area contributed by atoms with Crippen molar-refractivity contribution in [1.82, 2.24) is 4.98 Å². The van der Waals surface area contributed by atoms with Gasteiger partial charge >= 0.3 is 0 Å². The van der Waals surface area contributed by atoms with Gasteiger partial charge in [-0.15, -0.1) is 0 Å². The quantitative estimate of drug-likeness (QED) is 0.474. The first-order chi connectivity index (χ1) is 11.0. The first-order valence-electron chi connectivity index (χ1n) is 7.20. The molecule has 1 aromatic carbocycles. The summed E-state index contributed by atoms with van der Waals surface area (Å²) in [6, 6.07) is 9.76. The lowest BCUT2D eigenvalue weighted by Gasteiger charge is -2.19. The molecule has 7 heteroatoms. The van der Waals surface area contributed by atoms with Crippen LogP contribution in [0.15, 0.2) is 30.3 Å². The standard InChI is InChI=1S/C16H17F4N3/c1-23(11-7-3-2-4-8-11)10-6-5-9-21-14-12(17)15(19)22-16(20)13(14)18/h2-4,7-8H,5-6,9-10H2,1H3,(H,21,22). The Hall–Kier alpha value is -2.31. The van der Waals surface area contributed by atoms with E-state index in [1.807, 2.05) is 42.3 Å². The van der Waals surface area contributed by atoms with Gasteiger partial charge in [0.25, 0.3) is 11.9 Å². The average molecular weight is 327 g/mol. The molecule has 0 aliphatic rings. The zero-order chi connectivity index (χ0) is 16.8. The number of halogens is 4. The highest BCUT2D eigenvalue weighted by Crippen LogP contribution is 2.22. The molecule has 0 aliphatic heterocycles. The van der Waals surface area contributed by atoms with Gasteiger partial charge < -0.3 is 10.2 Å². The van der Waals surface area contributed by atoms with Crippen LogP contribution in [-0.2, 0) is 0 Å². The van der Waals surface area contributed by atoms with Gasteiger partial charge in [-0.2, -0.15) is 22.5 Å². The van der Waals surface area contributed by atoms with Crippen molar-refractivity contribution in [2.75, 3.05) is 30.4 Å². The highest BCUT2D eigenvalue weighted by Gasteiger charge is 2.20. The number of benzene rings is 1. The number of hydrogen-bond donors (Lipinski definition) is 1. The van der Waals surface area contributed by atoms with Crippen molar-refractivity contribution in [2.24, 2.45) is 0 Å². The van der Waals surface area contributed by atoms with E-state index in [-0.39, 0.29) is 6.54 Å². The summed E-state index contributed by atoms with van der Waals surface area (Å²) < 4.78 is 52.7. The van der Waals surface area contributed by atoms with Gasteiger partial charge in [0.1, 0.15) is 5.69 Å². The van der Waals surface area contributed by atoms with Crippen LogP contribution in [0.3, 0.4) is 0 Å². The third-order valence-electron chi connectivity index (χ3n) is 3.42. The molecular weight excluding hydrogens is 310 g/mol. The Balaban J connectivity index is 1.80. The maximum Gasteiger partial charge on any atom is 0.253 e. The first kappa shape index (κ1) is 17.1. The number of nitrogens with one attached hydrogen (secondary N) is 1. The lowest BCUT2D eigenvalue weighted by molar-refractivity contribution is 0.410. The van der Waals surface area contributed by atoms with Crippen LogP contribution in [0.5, 0.6) is 0 Å². The van der Waals surface area contributed by atoms with E-state index in [1.54, 1.807) is 0 Å². The summed E-state index contributed by atoms with van der Waals surface area (Å²) in [7, 11) is 1.94. The molecule has 0 unspecified atom stereocenters. The Labute approximate surface area is 132 Å². The smallest absolute Gasteiger partial charge is 0.253 e. The van der Waals surface area contributed by atoms with Crippen molar-refractivity contribution in [1.29, 1.82) is 0 Å². The molecule has 3 nitrogen and oxygen atoms in total. The maximum atomic E-state index is 13.4. The lowest BCUT2D eigenvalue weighted by Crippen LogP contribution is -2.19. The van der Waals surface area contributed by atoms with Crippen LogP contribution in [0.2, 0.25) is 0 Å². The van der Waals surface area contributed by atoms with Crippen molar-refractivity contribution in [3.63, 3.8) is 0 Å². The molecule has 1 N–H and O–H groups in total.